The summed E-state index contributed by atoms with van der Waals surface area (Å²) in [6.45, 7) is 10.8. The average molecular weight is 396 g/mol. The lowest BCUT2D eigenvalue weighted by Crippen LogP contribution is -2.48. The zero-order valence-electron chi connectivity index (χ0n) is 17.0. The summed E-state index contributed by atoms with van der Waals surface area (Å²) in [5, 5.41) is 6.73. The van der Waals surface area contributed by atoms with E-state index in [2.05, 4.69) is 56.4 Å². The minimum atomic E-state index is -3.27. The highest BCUT2D eigenvalue weighted by Crippen LogP contribution is 2.20. The van der Waals surface area contributed by atoms with Crippen LogP contribution < -0.4 is 20.3 Å². The molecule has 3 N–H and O–H groups in total. The molecule has 1 atom stereocenters. The summed E-state index contributed by atoms with van der Waals surface area (Å²) in [5.74, 6) is 0.719. The molecule has 0 aliphatic carbocycles. The molecule has 1 fully saturated rings. The van der Waals surface area contributed by atoms with E-state index in [1.54, 1.807) is 0 Å². The Hall–Kier alpha value is -1.80. The summed E-state index contributed by atoms with van der Waals surface area (Å²) in [6, 6.07) is 8.90. The largest absolute Gasteiger partial charge is 0.369 e. The third-order valence-electron chi connectivity index (χ3n) is 4.37. The second kappa shape index (κ2) is 8.93. The lowest BCUT2D eigenvalue weighted by molar-refractivity contribution is 0.464. The molecule has 0 radical (unpaired) electrons. The van der Waals surface area contributed by atoms with Gasteiger partial charge in [-0.25, -0.2) is 13.1 Å². The standard InChI is InChI=1S/C19H33N5O2S/c1-6-20-18(21-14-19(3,4)23-27(5,25)26)22-16-11-12-24(13-16)17-9-7-15(2)8-10-17/h7-10,16,23H,6,11-14H2,1-5H3,(H2,20,21,22). The molecule has 1 aromatic carbocycles. The number of aryl methyl sites for hydroxylation is 1. The number of benzene rings is 1. The summed E-state index contributed by atoms with van der Waals surface area (Å²) < 4.78 is 25.6. The van der Waals surface area contributed by atoms with Crippen LogP contribution in [0, 0.1) is 6.92 Å². The van der Waals surface area contributed by atoms with E-state index in [4.69, 9.17) is 0 Å². The van der Waals surface area contributed by atoms with Crippen molar-refractivity contribution in [3.63, 3.8) is 0 Å². The van der Waals surface area contributed by atoms with Crippen molar-refractivity contribution < 1.29 is 8.42 Å². The van der Waals surface area contributed by atoms with Crippen molar-refractivity contribution in [1.29, 1.82) is 0 Å². The number of guanidine groups is 1. The molecule has 0 amide bonds. The van der Waals surface area contributed by atoms with Gasteiger partial charge in [-0.1, -0.05) is 17.7 Å². The van der Waals surface area contributed by atoms with Gasteiger partial charge < -0.3 is 15.5 Å². The van der Waals surface area contributed by atoms with Crippen LogP contribution in [-0.2, 0) is 10.0 Å². The van der Waals surface area contributed by atoms with Crippen molar-refractivity contribution in [2.24, 2.45) is 4.99 Å². The number of hydrogen-bond donors (Lipinski definition) is 3. The average Bonchev–Trinajstić information content (AvgIpc) is 3.00. The summed E-state index contributed by atoms with van der Waals surface area (Å²) in [4.78, 5) is 6.96. The van der Waals surface area contributed by atoms with Gasteiger partial charge in [-0.3, -0.25) is 4.99 Å². The molecule has 1 saturated heterocycles. The van der Waals surface area contributed by atoms with Crippen LogP contribution in [0.3, 0.4) is 0 Å². The van der Waals surface area contributed by atoms with E-state index in [0.717, 1.165) is 32.0 Å². The Morgan fingerprint density at radius 1 is 1.30 bits per heavy atom. The fraction of sp³-hybridized carbons (Fsp3) is 0.632. The zero-order chi connectivity index (χ0) is 20.1. The van der Waals surface area contributed by atoms with Crippen LogP contribution >= 0.6 is 0 Å². The van der Waals surface area contributed by atoms with Crippen molar-refractivity contribution in [2.75, 3.05) is 37.3 Å². The minimum Gasteiger partial charge on any atom is -0.369 e. The summed E-state index contributed by atoms with van der Waals surface area (Å²) in [5.41, 5.74) is 1.87. The van der Waals surface area contributed by atoms with Gasteiger partial charge in [0.25, 0.3) is 0 Å². The van der Waals surface area contributed by atoms with Crippen molar-refractivity contribution in [3.05, 3.63) is 29.8 Å². The Kier molecular flexibility index (Phi) is 7.11. The maximum absolute atomic E-state index is 11.5. The second-order valence-corrected chi connectivity index (χ2v) is 9.61. The highest BCUT2D eigenvalue weighted by Gasteiger charge is 2.25. The van der Waals surface area contributed by atoms with E-state index in [-0.39, 0.29) is 0 Å². The van der Waals surface area contributed by atoms with Crippen LogP contribution in [0.4, 0.5) is 5.69 Å². The molecular weight excluding hydrogens is 362 g/mol. The number of anilines is 1. The lowest BCUT2D eigenvalue weighted by atomic mass is 10.1. The first-order valence-electron chi connectivity index (χ1n) is 9.43. The maximum atomic E-state index is 11.5. The molecule has 1 aliphatic heterocycles. The number of nitrogens with one attached hydrogen (secondary N) is 3. The quantitative estimate of drug-likeness (QED) is 0.481. The molecule has 0 bridgehead atoms. The number of aliphatic imine (C=N–C) groups is 1. The third kappa shape index (κ3) is 7.38. The Morgan fingerprint density at radius 3 is 2.56 bits per heavy atom. The number of hydrogen-bond acceptors (Lipinski definition) is 4. The Balaban J connectivity index is 1.96. The molecule has 152 valence electrons. The Labute approximate surface area is 163 Å². The first kappa shape index (κ1) is 21.5. The van der Waals surface area contributed by atoms with Gasteiger partial charge >= 0.3 is 0 Å². The number of rotatable bonds is 7. The fourth-order valence-corrected chi connectivity index (χ4v) is 4.26. The molecule has 1 heterocycles. The van der Waals surface area contributed by atoms with Crippen LogP contribution in [0.2, 0.25) is 0 Å². The second-order valence-electron chi connectivity index (χ2n) is 7.86. The molecule has 27 heavy (non-hydrogen) atoms. The minimum absolute atomic E-state index is 0.301. The van der Waals surface area contributed by atoms with Crippen LogP contribution in [0.25, 0.3) is 0 Å². The molecule has 0 saturated carbocycles. The number of nitrogens with zero attached hydrogens (tertiary/aromatic N) is 2. The van der Waals surface area contributed by atoms with Gasteiger partial charge in [0, 0.05) is 36.9 Å². The van der Waals surface area contributed by atoms with E-state index >= 15 is 0 Å². The predicted octanol–water partition coefficient (Wildman–Crippen LogP) is 1.46. The van der Waals surface area contributed by atoms with Gasteiger partial charge in [0.15, 0.2) is 5.96 Å². The molecule has 0 spiro atoms. The monoisotopic (exact) mass is 395 g/mol. The van der Waals surface area contributed by atoms with E-state index in [1.165, 1.54) is 17.5 Å². The van der Waals surface area contributed by atoms with E-state index in [0.29, 0.717) is 12.6 Å². The van der Waals surface area contributed by atoms with Gasteiger partial charge in [-0.15, -0.1) is 0 Å². The van der Waals surface area contributed by atoms with Gasteiger partial charge in [0.1, 0.15) is 0 Å². The summed E-state index contributed by atoms with van der Waals surface area (Å²) in [6.07, 6.45) is 2.20. The molecule has 1 aromatic rings. The van der Waals surface area contributed by atoms with Crippen LogP contribution in [0.15, 0.2) is 29.3 Å². The normalized spacial score (nSPS) is 18.6. The third-order valence-corrected chi connectivity index (χ3v) is 5.29. The van der Waals surface area contributed by atoms with Crippen molar-refractivity contribution in [1.82, 2.24) is 15.4 Å². The SMILES string of the molecule is CCNC(=NCC(C)(C)NS(C)(=O)=O)NC1CCN(c2ccc(C)cc2)C1. The van der Waals surface area contributed by atoms with Gasteiger partial charge in [-0.2, -0.15) is 0 Å². The Bertz CT molecular complexity index is 744. The van der Waals surface area contributed by atoms with Crippen molar-refractivity contribution in [2.45, 2.75) is 45.7 Å². The van der Waals surface area contributed by atoms with Gasteiger partial charge in [0.05, 0.1) is 12.8 Å². The molecular formula is C19H33N5O2S. The topological polar surface area (TPSA) is 85.8 Å². The molecule has 1 unspecified atom stereocenters. The van der Waals surface area contributed by atoms with E-state index in [1.807, 2.05) is 20.8 Å². The highest BCUT2D eigenvalue weighted by molar-refractivity contribution is 7.88. The summed E-state index contributed by atoms with van der Waals surface area (Å²) >= 11 is 0. The summed E-state index contributed by atoms with van der Waals surface area (Å²) in [7, 11) is -3.27. The molecule has 1 aliphatic rings. The van der Waals surface area contributed by atoms with Crippen LogP contribution in [-0.4, -0.2) is 58.4 Å². The lowest BCUT2D eigenvalue weighted by Gasteiger charge is -2.24. The molecule has 8 heteroatoms. The van der Waals surface area contributed by atoms with Gasteiger partial charge in [0.2, 0.25) is 10.0 Å². The smallest absolute Gasteiger partial charge is 0.209 e. The molecule has 7 nitrogen and oxygen atoms in total. The Morgan fingerprint density at radius 2 is 1.96 bits per heavy atom. The van der Waals surface area contributed by atoms with Crippen LogP contribution in [0.5, 0.6) is 0 Å². The van der Waals surface area contributed by atoms with Crippen molar-refractivity contribution >= 4 is 21.7 Å². The van der Waals surface area contributed by atoms with E-state index in [9.17, 15) is 8.42 Å². The molecule has 0 aromatic heterocycles. The first-order chi connectivity index (χ1) is 12.6. The fourth-order valence-electron chi connectivity index (χ4n) is 3.19. The zero-order valence-corrected chi connectivity index (χ0v) is 17.9. The van der Waals surface area contributed by atoms with Crippen molar-refractivity contribution in [3.8, 4) is 0 Å². The molecule has 2 rings (SSSR count). The predicted molar refractivity (Wildman–Crippen MR) is 113 cm³/mol. The maximum Gasteiger partial charge on any atom is 0.209 e. The first-order valence-corrected chi connectivity index (χ1v) is 11.3. The van der Waals surface area contributed by atoms with E-state index < -0.39 is 15.6 Å². The van der Waals surface area contributed by atoms with Gasteiger partial charge in [-0.05, 0) is 46.2 Å². The highest BCUT2D eigenvalue weighted by atomic mass is 32.2. The van der Waals surface area contributed by atoms with Crippen LogP contribution in [0.1, 0.15) is 32.8 Å². The number of sulfonamides is 1.